The molecule has 0 aliphatic carbocycles. The zero-order valence-corrected chi connectivity index (χ0v) is 14.3. The second-order valence-corrected chi connectivity index (χ2v) is 6.59. The second kappa shape index (κ2) is 7.81. The van der Waals surface area contributed by atoms with Gasteiger partial charge in [-0.05, 0) is 28.7 Å². The molecule has 0 atom stereocenters. The molecule has 1 amide bonds. The summed E-state index contributed by atoms with van der Waals surface area (Å²) in [5.41, 5.74) is 2.27. The average Bonchev–Trinajstić information content (AvgIpc) is 3.07. The van der Waals surface area contributed by atoms with Gasteiger partial charge in [-0.3, -0.25) is 9.59 Å². The lowest BCUT2D eigenvalue weighted by Crippen LogP contribution is -2.26. The normalized spacial score (nSPS) is 11.1. The zero-order valence-electron chi connectivity index (χ0n) is 14.3. The predicted octanol–water partition coefficient (Wildman–Crippen LogP) is 3.44. The van der Waals surface area contributed by atoms with E-state index in [9.17, 15) is 9.59 Å². The summed E-state index contributed by atoms with van der Waals surface area (Å²) < 4.78 is 10.2. The Morgan fingerprint density at radius 1 is 1.12 bits per heavy atom. The molecule has 0 saturated carbocycles. The van der Waals surface area contributed by atoms with Gasteiger partial charge in [0.25, 0.3) is 5.91 Å². The number of hydrogen-bond donors (Lipinski definition) is 1. The van der Waals surface area contributed by atoms with Crippen molar-refractivity contribution in [1.82, 2.24) is 5.32 Å². The molecule has 128 valence electrons. The number of furan rings is 1. The Bertz CT molecular complexity index is 666. The molecule has 1 aromatic carbocycles. The molecule has 24 heavy (non-hydrogen) atoms. The highest BCUT2D eigenvalue weighted by Gasteiger charge is 2.13. The van der Waals surface area contributed by atoms with Crippen LogP contribution in [0.15, 0.2) is 47.1 Å². The molecule has 0 unspecified atom stereocenters. The summed E-state index contributed by atoms with van der Waals surface area (Å²) in [6.45, 7) is 6.90. The molecule has 0 fully saturated rings. The third-order valence-corrected chi connectivity index (χ3v) is 3.58. The molecule has 0 spiro atoms. The van der Waals surface area contributed by atoms with Gasteiger partial charge in [-0.15, -0.1) is 0 Å². The Morgan fingerprint density at radius 2 is 1.83 bits per heavy atom. The number of nitrogens with one attached hydrogen (secondary N) is 1. The molecular formula is C19H23NO4. The van der Waals surface area contributed by atoms with E-state index in [0.717, 1.165) is 5.56 Å². The van der Waals surface area contributed by atoms with Crippen molar-refractivity contribution < 1.29 is 18.7 Å². The van der Waals surface area contributed by atoms with E-state index >= 15 is 0 Å². The average molecular weight is 329 g/mol. The van der Waals surface area contributed by atoms with Gasteiger partial charge in [-0.25, -0.2) is 0 Å². The maximum Gasteiger partial charge on any atom is 0.307 e. The van der Waals surface area contributed by atoms with Crippen molar-refractivity contribution in [1.29, 1.82) is 0 Å². The Labute approximate surface area is 142 Å². The predicted molar refractivity (Wildman–Crippen MR) is 90.6 cm³/mol. The summed E-state index contributed by atoms with van der Waals surface area (Å²) in [4.78, 5) is 23.3. The molecule has 1 N–H and O–H groups in total. The molecule has 0 saturated heterocycles. The van der Waals surface area contributed by atoms with E-state index < -0.39 is 0 Å². The van der Waals surface area contributed by atoms with E-state index in [1.807, 2.05) is 24.3 Å². The molecule has 0 aliphatic heterocycles. The summed E-state index contributed by atoms with van der Waals surface area (Å²) in [5.74, 6) is -0.470. The van der Waals surface area contributed by atoms with E-state index in [0.29, 0.717) is 0 Å². The molecule has 5 nitrogen and oxygen atoms in total. The molecule has 5 heteroatoms. The summed E-state index contributed by atoms with van der Waals surface area (Å²) in [5, 5.41) is 2.60. The number of rotatable bonds is 6. The van der Waals surface area contributed by atoms with Crippen molar-refractivity contribution in [2.75, 3.05) is 6.54 Å². The maximum absolute atomic E-state index is 11.7. The Morgan fingerprint density at radius 3 is 2.42 bits per heavy atom. The number of ether oxygens (including phenoxy) is 1. The first-order chi connectivity index (χ1) is 11.4. The molecular weight excluding hydrogens is 306 g/mol. The van der Waals surface area contributed by atoms with Gasteiger partial charge in [0.1, 0.15) is 6.61 Å². The monoisotopic (exact) mass is 329 g/mol. The highest BCUT2D eigenvalue weighted by atomic mass is 16.5. The lowest BCUT2D eigenvalue weighted by Gasteiger charge is -2.19. The highest BCUT2D eigenvalue weighted by molar-refractivity contribution is 5.91. The van der Waals surface area contributed by atoms with Crippen LogP contribution in [0, 0.1) is 0 Å². The minimum atomic E-state index is -0.352. The minimum absolute atomic E-state index is 0.0986. The Hall–Kier alpha value is -2.56. The van der Waals surface area contributed by atoms with Crippen LogP contribution in [0.1, 0.15) is 48.9 Å². The van der Waals surface area contributed by atoms with Crippen molar-refractivity contribution in [2.24, 2.45) is 0 Å². The molecule has 1 aromatic heterocycles. The molecule has 2 aromatic rings. The van der Waals surface area contributed by atoms with Crippen molar-refractivity contribution in [3.8, 4) is 0 Å². The van der Waals surface area contributed by atoms with Gasteiger partial charge < -0.3 is 14.5 Å². The lowest BCUT2D eigenvalue weighted by atomic mass is 9.87. The van der Waals surface area contributed by atoms with Crippen LogP contribution in [0.4, 0.5) is 0 Å². The first-order valence-electron chi connectivity index (χ1n) is 7.93. The topological polar surface area (TPSA) is 68.5 Å². The second-order valence-electron chi connectivity index (χ2n) is 6.59. The number of amides is 1. The quantitative estimate of drug-likeness (QED) is 0.824. The minimum Gasteiger partial charge on any atom is -0.461 e. The van der Waals surface area contributed by atoms with E-state index in [1.54, 1.807) is 12.1 Å². The van der Waals surface area contributed by atoms with Gasteiger partial charge in [0.2, 0.25) is 0 Å². The number of carbonyl (C=O) groups is 2. The summed E-state index contributed by atoms with van der Waals surface area (Å²) in [6.07, 6.45) is 1.54. The number of carbonyl (C=O) groups excluding carboxylic acids is 2. The molecule has 1 heterocycles. The van der Waals surface area contributed by atoms with Crippen LogP contribution in [0.3, 0.4) is 0 Å². The van der Waals surface area contributed by atoms with Crippen molar-refractivity contribution in [3.63, 3.8) is 0 Å². The first kappa shape index (κ1) is 17.8. The van der Waals surface area contributed by atoms with Crippen LogP contribution in [0.5, 0.6) is 0 Å². The third kappa shape index (κ3) is 5.26. The van der Waals surface area contributed by atoms with Crippen LogP contribution in [-0.2, 0) is 21.6 Å². The van der Waals surface area contributed by atoms with Crippen molar-refractivity contribution in [2.45, 2.75) is 39.2 Å². The van der Waals surface area contributed by atoms with Crippen LogP contribution in [0.25, 0.3) is 0 Å². The Kier molecular flexibility index (Phi) is 5.79. The smallest absolute Gasteiger partial charge is 0.307 e. The van der Waals surface area contributed by atoms with Crippen molar-refractivity contribution >= 4 is 11.9 Å². The van der Waals surface area contributed by atoms with E-state index in [-0.39, 0.29) is 42.6 Å². The third-order valence-electron chi connectivity index (χ3n) is 3.58. The number of hydrogen-bond acceptors (Lipinski definition) is 4. The summed E-state index contributed by atoms with van der Waals surface area (Å²) in [6, 6.07) is 11.2. The fourth-order valence-corrected chi connectivity index (χ4v) is 2.11. The standard InChI is InChI=1S/C19H23NO4/c1-19(2,3)15-8-6-14(7-9-15)13-24-17(21)10-11-20-18(22)16-5-4-12-23-16/h4-9,12H,10-11,13H2,1-3H3,(H,20,22). The maximum atomic E-state index is 11.7. The van der Waals surface area contributed by atoms with Gasteiger partial charge >= 0.3 is 5.97 Å². The molecule has 0 radical (unpaired) electrons. The van der Waals surface area contributed by atoms with Crippen LogP contribution >= 0.6 is 0 Å². The summed E-state index contributed by atoms with van der Waals surface area (Å²) >= 11 is 0. The van der Waals surface area contributed by atoms with Crippen LogP contribution in [-0.4, -0.2) is 18.4 Å². The van der Waals surface area contributed by atoms with Gasteiger partial charge in [-0.2, -0.15) is 0 Å². The molecule has 0 aliphatic rings. The van der Waals surface area contributed by atoms with Gasteiger partial charge in [-0.1, -0.05) is 45.0 Å². The van der Waals surface area contributed by atoms with Gasteiger partial charge in [0, 0.05) is 6.54 Å². The molecule has 2 rings (SSSR count). The zero-order chi connectivity index (χ0) is 17.6. The van der Waals surface area contributed by atoms with Gasteiger partial charge in [0.15, 0.2) is 5.76 Å². The number of esters is 1. The SMILES string of the molecule is CC(C)(C)c1ccc(COC(=O)CCNC(=O)c2ccco2)cc1. The largest absolute Gasteiger partial charge is 0.461 e. The molecule has 0 bridgehead atoms. The summed E-state index contributed by atoms with van der Waals surface area (Å²) in [7, 11) is 0. The van der Waals surface area contributed by atoms with Crippen LogP contribution < -0.4 is 5.32 Å². The number of benzene rings is 1. The fourth-order valence-electron chi connectivity index (χ4n) is 2.11. The van der Waals surface area contributed by atoms with Gasteiger partial charge in [0.05, 0.1) is 12.7 Å². The van der Waals surface area contributed by atoms with E-state index in [4.69, 9.17) is 9.15 Å². The fraction of sp³-hybridized carbons (Fsp3) is 0.368. The van der Waals surface area contributed by atoms with E-state index in [2.05, 4.69) is 26.1 Å². The lowest BCUT2D eigenvalue weighted by molar-refractivity contribution is -0.144. The van der Waals surface area contributed by atoms with E-state index in [1.165, 1.54) is 11.8 Å². The highest BCUT2D eigenvalue weighted by Crippen LogP contribution is 2.22. The van der Waals surface area contributed by atoms with Crippen LogP contribution in [0.2, 0.25) is 0 Å². The first-order valence-corrected chi connectivity index (χ1v) is 7.93. The Balaban J connectivity index is 1.70. The van der Waals surface area contributed by atoms with Crippen molar-refractivity contribution in [3.05, 3.63) is 59.5 Å².